The van der Waals surface area contributed by atoms with Gasteiger partial charge < -0.3 is 5.11 Å². The Balaban J connectivity index is 2.57. The predicted octanol–water partition coefficient (Wildman–Crippen LogP) is 1.82. The van der Waals surface area contributed by atoms with E-state index in [-0.39, 0.29) is 16.7 Å². The highest BCUT2D eigenvalue weighted by atomic mass is 35.5. The molecule has 0 aliphatic heterocycles. The third kappa shape index (κ3) is 1.82. The van der Waals surface area contributed by atoms with Crippen molar-refractivity contribution in [3.8, 4) is 11.4 Å². The first-order chi connectivity index (χ1) is 7.18. The molecule has 0 saturated heterocycles. The van der Waals surface area contributed by atoms with E-state index in [0.29, 0.717) is 5.56 Å². The van der Waals surface area contributed by atoms with Crippen LogP contribution >= 0.6 is 11.6 Å². The summed E-state index contributed by atoms with van der Waals surface area (Å²) < 4.78 is 0. The molecule has 2 N–H and O–H groups in total. The number of carboxylic acids is 1. The number of nitrogens with one attached hydrogen (secondary N) is 1. The van der Waals surface area contributed by atoms with Crippen molar-refractivity contribution < 1.29 is 9.90 Å². The zero-order valence-electron chi connectivity index (χ0n) is 7.44. The summed E-state index contributed by atoms with van der Waals surface area (Å²) in [4.78, 5) is 14.8. The van der Waals surface area contributed by atoms with Crippen LogP contribution in [0.5, 0.6) is 0 Å². The monoisotopic (exact) mass is 223 g/mol. The Bertz CT molecular complexity index is 510. The third-order valence-electron chi connectivity index (χ3n) is 1.86. The lowest BCUT2D eigenvalue weighted by atomic mass is 10.1. The maximum Gasteiger partial charge on any atom is 0.336 e. The maximum absolute atomic E-state index is 10.9. The van der Waals surface area contributed by atoms with Gasteiger partial charge in [0.05, 0.1) is 5.56 Å². The van der Waals surface area contributed by atoms with Crippen LogP contribution in [0.25, 0.3) is 11.4 Å². The first-order valence-electron chi connectivity index (χ1n) is 4.09. The lowest BCUT2D eigenvalue weighted by Gasteiger charge is -1.99. The highest BCUT2D eigenvalue weighted by Gasteiger charge is 2.13. The highest BCUT2D eigenvalue weighted by molar-refractivity contribution is 6.28. The van der Waals surface area contributed by atoms with Crippen LogP contribution in [0.15, 0.2) is 24.3 Å². The fourth-order valence-corrected chi connectivity index (χ4v) is 1.35. The number of aromatic carboxylic acids is 1. The van der Waals surface area contributed by atoms with Crippen LogP contribution in [0.4, 0.5) is 0 Å². The summed E-state index contributed by atoms with van der Waals surface area (Å²) in [5.74, 6) is -0.746. The van der Waals surface area contributed by atoms with E-state index in [2.05, 4.69) is 15.2 Å². The molecule has 2 rings (SSSR count). The summed E-state index contributed by atoms with van der Waals surface area (Å²) in [6, 6.07) is 6.47. The molecule has 15 heavy (non-hydrogen) atoms. The second-order valence-corrected chi connectivity index (χ2v) is 3.16. The molecular formula is C9H6ClN3O2. The van der Waals surface area contributed by atoms with Gasteiger partial charge in [-0.15, -0.1) is 0 Å². The number of hydrogen-bond donors (Lipinski definition) is 2. The molecule has 0 saturated carbocycles. The fourth-order valence-electron chi connectivity index (χ4n) is 1.23. The van der Waals surface area contributed by atoms with Gasteiger partial charge in [0, 0.05) is 5.56 Å². The van der Waals surface area contributed by atoms with Crippen molar-refractivity contribution in [2.45, 2.75) is 0 Å². The van der Waals surface area contributed by atoms with Gasteiger partial charge in [-0.05, 0) is 17.7 Å². The van der Waals surface area contributed by atoms with E-state index in [9.17, 15) is 4.79 Å². The van der Waals surface area contributed by atoms with Gasteiger partial charge in [0.1, 0.15) is 0 Å². The molecule has 76 valence electrons. The average Bonchev–Trinajstić information content (AvgIpc) is 2.65. The van der Waals surface area contributed by atoms with Gasteiger partial charge >= 0.3 is 5.97 Å². The summed E-state index contributed by atoms with van der Waals surface area (Å²) in [6.45, 7) is 0. The smallest absolute Gasteiger partial charge is 0.336 e. The number of carbonyl (C=O) groups is 1. The Labute approximate surface area is 89.7 Å². The normalized spacial score (nSPS) is 10.2. The van der Waals surface area contributed by atoms with Gasteiger partial charge in [0.15, 0.2) is 5.82 Å². The number of rotatable bonds is 2. The van der Waals surface area contributed by atoms with Gasteiger partial charge in [-0.3, -0.25) is 0 Å². The van der Waals surface area contributed by atoms with Gasteiger partial charge in [-0.1, -0.05) is 18.2 Å². The van der Waals surface area contributed by atoms with Crippen molar-refractivity contribution in [2.75, 3.05) is 0 Å². The number of carboxylic acid groups (broad SMARTS) is 1. The van der Waals surface area contributed by atoms with E-state index < -0.39 is 5.97 Å². The molecule has 0 aliphatic rings. The quantitative estimate of drug-likeness (QED) is 0.814. The molecule has 0 aliphatic carbocycles. The summed E-state index contributed by atoms with van der Waals surface area (Å²) in [6.07, 6.45) is 0. The predicted molar refractivity (Wildman–Crippen MR) is 53.8 cm³/mol. The lowest BCUT2D eigenvalue weighted by Crippen LogP contribution is -1.99. The fraction of sp³-hybridized carbons (Fsp3) is 0. The molecule has 1 aromatic carbocycles. The van der Waals surface area contributed by atoms with Crippen molar-refractivity contribution in [3.05, 3.63) is 35.1 Å². The van der Waals surface area contributed by atoms with Crippen LogP contribution in [0.2, 0.25) is 5.28 Å². The molecule has 0 bridgehead atoms. The van der Waals surface area contributed by atoms with Crippen molar-refractivity contribution >= 4 is 17.6 Å². The van der Waals surface area contributed by atoms with E-state index in [4.69, 9.17) is 16.7 Å². The Morgan fingerprint density at radius 3 is 2.73 bits per heavy atom. The molecule has 0 fully saturated rings. The number of halogens is 1. The van der Waals surface area contributed by atoms with Crippen molar-refractivity contribution in [1.29, 1.82) is 0 Å². The molecular weight excluding hydrogens is 218 g/mol. The Kier molecular flexibility index (Phi) is 2.39. The molecule has 0 atom stereocenters. The van der Waals surface area contributed by atoms with E-state index in [0.717, 1.165) is 0 Å². The maximum atomic E-state index is 10.9. The van der Waals surface area contributed by atoms with Crippen LogP contribution in [0.1, 0.15) is 10.4 Å². The molecule has 0 radical (unpaired) electrons. The number of benzene rings is 1. The van der Waals surface area contributed by atoms with Crippen molar-refractivity contribution in [2.24, 2.45) is 0 Å². The summed E-state index contributed by atoms with van der Waals surface area (Å²) in [5.41, 5.74) is 0.585. The van der Waals surface area contributed by atoms with Crippen molar-refractivity contribution in [1.82, 2.24) is 15.2 Å². The second kappa shape index (κ2) is 3.70. The van der Waals surface area contributed by atoms with Crippen LogP contribution in [-0.2, 0) is 0 Å². The van der Waals surface area contributed by atoms with E-state index in [1.807, 2.05) is 0 Å². The number of H-pyrrole nitrogens is 1. The van der Waals surface area contributed by atoms with Gasteiger partial charge in [0.2, 0.25) is 5.28 Å². The molecule has 2 aromatic rings. The number of aromatic nitrogens is 3. The zero-order valence-corrected chi connectivity index (χ0v) is 8.19. The molecule has 6 heteroatoms. The zero-order chi connectivity index (χ0) is 10.8. The molecule has 5 nitrogen and oxygen atoms in total. The average molecular weight is 224 g/mol. The lowest BCUT2D eigenvalue weighted by molar-refractivity contribution is 0.0697. The number of nitrogens with zero attached hydrogens (tertiary/aromatic N) is 2. The van der Waals surface area contributed by atoms with E-state index >= 15 is 0 Å². The topological polar surface area (TPSA) is 78.9 Å². The van der Waals surface area contributed by atoms with Gasteiger partial charge in [-0.2, -0.15) is 10.1 Å². The largest absolute Gasteiger partial charge is 0.478 e. The highest BCUT2D eigenvalue weighted by Crippen LogP contribution is 2.20. The van der Waals surface area contributed by atoms with Crippen molar-refractivity contribution in [3.63, 3.8) is 0 Å². The molecule has 1 heterocycles. The first kappa shape index (κ1) is 9.67. The SMILES string of the molecule is O=C(O)c1ccccc1-c1n[nH]c(Cl)n1. The standard InChI is InChI=1S/C9H6ClN3O2/c10-9-11-7(12-13-9)5-3-1-2-4-6(5)8(14)15/h1-4H,(H,14,15)(H,11,12,13). The molecule has 1 aromatic heterocycles. The molecule has 0 amide bonds. The minimum absolute atomic E-state index is 0.130. The summed E-state index contributed by atoms with van der Waals surface area (Å²) >= 11 is 5.57. The third-order valence-corrected chi connectivity index (χ3v) is 2.03. The Hall–Kier alpha value is -1.88. The minimum atomic E-state index is -1.02. The second-order valence-electron chi connectivity index (χ2n) is 2.80. The summed E-state index contributed by atoms with van der Waals surface area (Å²) in [5, 5.41) is 15.3. The molecule has 0 spiro atoms. The molecule has 0 unspecified atom stereocenters. The van der Waals surface area contributed by atoms with Crippen LogP contribution in [-0.4, -0.2) is 26.3 Å². The number of hydrogen-bond acceptors (Lipinski definition) is 3. The first-order valence-corrected chi connectivity index (χ1v) is 4.47. The van der Waals surface area contributed by atoms with Crippen LogP contribution in [0.3, 0.4) is 0 Å². The van der Waals surface area contributed by atoms with Gasteiger partial charge in [0.25, 0.3) is 0 Å². The Morgan fingerprint density at radius 1 is 1.40 bits per heavy atom. The number of aromatic amines is 1. The Morgan fingerprint density at radius 2 is 2.13 bits per heavy atom. The van der Waals surface area contributed by atoms with E-state index in [1.54, 1.807) is 18.2 Å². The van der Waals surface area contributed by atoms with Gasteiger partial charge in [-0.25, -0.2) is 9.89 Å². The minimum Gasteiger partial charge on any atom is -0.478 e. The van der Waals surface area contributed by atoms with Crippen LogP contribution < -0.4 is 0 Å². The van der Waals surface area contributed by atoms with E-state index in [1.165, 1.54) is 6.07 Å². The summed E-state index contributed by atoms with van der Waals surface area (Å²) in [7, 11) is 0. The van der Waals surface area contributed by atoms with Crippen LogP contribution in [0, 0.1) is 0 Å².